The van der Waals surface area contributed by atoms with Crippen molar-refractivity contribution in [3.63, 3.8) is 0 Å². The van der Waals surface area contributed by atoms with Gasteiger partial charge in [-0.1, -0.05) is 30.3 Å². The number of rotatable bonds is 6. The fraction of sp³-hybridized carbons (Fsp3) is 0.611. The van der Waals surface area contributed by atoms with Gasteiger partial charge < -0.3 is 15.4 Å². The van der Waals surface area contributed by atoms with Crippen molar-refractivity contribution in [1.29, 1.82) is 0 Å². The third-order valence-corrected chi connectivity index (χ3v) is 4.16. The Hall–Kier alpha value is -1.59. The highest BCUT2D eigenvalue weighted by Crippen LogP contribution is 2.15. The smallest absolute Gasteiger partial charge is 0.191 e. The number of hydrogen-bond donors (Lipinski definition) is 2. The molecule has 1 aliphatic rings. The van der Waals surface area contributed by atoms with E-state index in [9.17, 15) is 0 Å². The van der Waals surface area contributed by atoms with E-state index in [0.717, 1.165) is 45.4 Å². The molecule has 2 rings (SSSR count). The van der Waals surface area contributed by atoms with Gasteiger partial charge in [-0.05, 0) is 26.3 Å². The highest BCUT2D eigenvalue weighted by atomic mass is 16.5. The van der Waals surface area contributed by atoms with E-state index in [-0.39, 0.29) is 5.54 Å². The first kappa shape index (κ1) is 17.8. The van der Waals surface area contributed by atoms with Crippen molar-refractivity contribution < 1.29 is 4.74 Å². The summed E-state index contributed by atoms with van der Waals surface area (Å²) < 4.78 is 5.45. The van der Waals surface area contributed by atoms with Crippen LogP contribution in [0.4, 0.5) is 0 Å². The van der Waals surface area contributed by atoms with E-state index >= 15 is 0 Å². The molecule has 0 amide bonds. The molecule has 0 unspecified atom stereocenters. The standard InChI is InChI=1S/C18H30N4O/c1-4-19-17(20-14-16-8-6-5-7-9-16)21-15-18(2,3)22-10-12-23-13-11-22/h5-9H,4,10-15H2,1-3H3,(H2,19,20,21). The molecule has 0 atom stereocenters. The van der Waals surface area contributed by atoms with Gasteiger partial charge in [0, 0.05) is 31.7 Å². The summed E-state index contributed by atoms with van der Waals surface area (Å²) in [5.41, 5.74) is 1.30. The lowest BCUT2D eigenvalue weighted by Gasteiger charge is -2.41. The largest absolute Gasteiger partial charge is 0.379 e. The molecule has 5 heteroatoms. The van der Waals surface area contributed by atoms with E-state index in [2.05, 4.69) is 53.4 Å². The lowest BCUT2D eigenvalue weighted by molar-refractivity contribution is -0.00834. The lowest BCUT2D eigenvalue weighted by Crippen LogP contribution is -2.56. The molecule has 0 aliphatic carbocycles. The van der Waals surface area contributed by atoms with Crippen LogP contribution in [0.2, 0.25) is 0 Å². The molecule has 1 aliphatic heterocycles. The molecule has 23 heavy (non-hydrogen) atoms. The van der Waals surface area contributed by atoms with Crippen LogP contribution in [-0.4, -0.2) is 55.8 Å². The van der Waals surface area contributed by atoms with Crippen LogP contribution in [-0.2, 0) is 11.3 Å². The molecule has 0 radical (unpaired) electrons. The van der Waals surface area contributed by atoms with Crippen LogP contribution in [0.25, 0.3) is 0 Å². The summed E-state index contributed by atoms with van der Waals surface area (Å²) in [7, 11) is 0. The molecule has 0 aromatic heterocycles. The van der Waals surface area contributed by atoms with Gasteiger partial charge in [-0.25, -0.2) is 4.99 Å². The SMILES string of the molecule is CCNC(=NCc1ccccc1)NCC(C)(C)N1CCOCC1. The number of nitrogens with zero attached hydrogens (tertiary/aromatic N) is 2. The van der Waals surface area contributed by atoms with Gasteiger partial charge in [0.2, 0.25) is 0 Å². The van der Waals surface area contributed by atoms with Gasteiger partial charge in [-0.15, -0.1) is 0 Å². The summed E-state index contributed by atoms with van der Waals surface area (Å²) in [5, 5.41) is 6.81. The van der Waals surface area contributed by atoms with Gasteiger partial charge >= 0.3 is 0 Å². The van der Waals surface area contributed by atoms with Gasteiger partial charge in [0.05, 0.1) is 19.8 Å². The Morgan fingerprint density at radius 1 is 1.17 bits per heavy atom. The maximum Gasteiger partial charge on any atom is 0.191 e. The second-order valence-corrected chi connectivity index (χ2v) is 6.45. The normalized spacial score (nSPS) is 17.1. The van der Waals surface area contributed by atoms with Crippen LogP contribution in [0.5, 0.6) is 0 Å². The average Bonchev–Trinajstić information content (AvgIpc) is 2.59. The van der Waals surface area contributed by atoms with Crippen molar-refractivity contribution in [2.75, 3.05) is 39.4 Å². The minimum atomic E-state index is 0.0761. The second kappa shape index (κ2) is 8.89. The topological polar surface area (TPSA) is 48.9 Å². The number of ether oxygens (including phenoxy) is 1. The Labute approximate surface area is 140 Å². The number of hydrogen-bond acceptors (Lipinski definition) is 3. The predicted molar refractivity (Wildman–Crippen MR) is 95.7 cm³/mol. The molecule has 0 bridgehead atoms. The third kappa shape index (κ3) is 5.84. The molecule has 0 spiro atoms. The monoisotopic (exact) mass is 318 g/mol. The summed E-state index contributed by atoms with van der Waals surface area (Å²) in [5.74, 6) is 0.873. The van der Waals surface area contributed by atoms with E-state index in [0.29, 0.717) is 6.54 Å². The molecule has 5 nitrogen and oxygen atoms in total. The minimum Gasteiger partial charge on any atom is -0.379 e. The summed E-state index contributed by atoms with van der Waals surface area (Å²) in [4.78, 5) is 7.16. The first-order chi connectivity index (χ1) is 11.1. The minimum absolute atomic E-state index is 0.0761. The Kier molecular flexibility index (Phi) is 6.86. The summed E-state index contributed by atoms with van der Waals surface area (Å²) in [6, 6.07) is 10.3. The molecule has 1 fully saturated rings. The van der Waals surface area contributed by atoms with Crippen molar-refractivity contribution >= 4 is 5.96 Å². The number of guanidine groups is 1. The van der Waals surface area contributed by atoms with Gasteiger partial charge in [0.25, 0.3) is 0 Å². The predicted octanol–water partition coefficient (Wildman–Crippen LogP) is 1.85. The summed E-state index contributed by atoms with van der Waals surface area (Å²) in [6.07, 6.45) is 0. The second-order valence-electron chi connectivity index (χ2n) is 6.45. The van der Waals surface area contributed by atoms with Crippen LogP contribution < -0.4 is 10.6 Å². The number of nitrogens with one attached hydrogen (secondary N) is 2. The number of morpholine rings is 1. The molecule has 2 N–H and O–H groups in total. The van der Waals surface area contributed by atoms with Crippen molar-refractivity contribution in [2.24, 2.45) is 4.99 Å². The van der Waals surface area contributed by atoms with Gasteiger partial charge in [0.1, 0.15) is 0 Å². The van der Waals surface area contributed by atoms with Crippen molar-refractivity contribution in [2.45, 2.75) is 32.9 Å². The van der Waals surface area contributed by atoms with E-state index in [4.69, 9.17) is 4.74 Å². The quantitative estimate of drug-likeness (QED) is 0.621. The zero-order valence-electron chi connectivity index (χ0n) is 14.6. The van der Waals surface area contributed by atoms with Crippen LogP contribution in [0.1, 0.15) is 26.3 Å². The Morgan fingerprint density at radius 3 is 2.52 bits per heavy atom. The molecule has 1 aromatic rings. The first-order valence-corrected chi connectivity index (χ1v) is 8.51. The zero-order chi connectivity index (χ0) is 16.5. The summed E-state index contributed by atoms with van der Waals surface area (Å²) in [6.45, 7) is 12.7. The molecular weight excluding hydrogens is 288 g/mol. The van der Waals surface area contributed by atoms with E-state index in [1.54, 1.807) is 0 Å². The third-order valence-electron chi connectivity index (χ3n) is 4.16. The summed E-state index contributed by atoms with van der Waals surface area (Å²) >= 11 is 0. The number of benzene rings is 1. The van der Waals surface area contributed by atoms with Crippen molar-refractivity contribution in [3.8, 4) is 0 Å². The van der Waals surface area contributed by atoms with Gasteiger partial charge in [0.15, 0.2) is 5.96 Å². The van der Waals surface area contributed by atoms with E-state index < -0.39 is 0 Å². The van der Waals surface area contributed by atoms with Gasteiger partial charge in [-0.3, -0.25) is 4.90 Å². The molecular formula is C18H30N4O. The molecule has 128 valence electrons. The first-order valence-electron chi connectivity index (χ1n) is 8.51. The number of aliphatic imine (C=N–C) groups is 1. The van der Waals surface area contributed by atoms with Crippen LogP contribution in [0.15, 0.2) is 35.3 Å². The molecule has 0 saturated carbocycles. The highest BCUT2D eigenvalue weighted by Gasteiger charge is 2.28. The Morgan fingerprint density at radius 2 is 1.87 bits per heavy atom. The molecule has 1 aromatic carbocycles. The van der Waals surface area contributed by atoms with Crippen LogP contribution in [0, 0.1) is 0 Å². The van der Waals surface area contributed by atoms with Crippen molar-refractivity contribution in [3.05, 3.63) is 35.9 Å². The average molecular weight is 318 g/mol. The van der Waals surface area contributed by atoms with E-state index in [1.807, 2.05) is 18.2 Å². The fourth-order valence-corrected chi connectivity index (χ4v) is 2.68. The van der Waals surface area contributed by atoms with Gasteiger partial charge in [-0.2, -0.15) is 0 Å². The van der Waals surface area contributed by atoms with Crippen LogP contribution in [0.3, 0.4) is 0 Å². The lowest BCUT2D eigenvalue weighted by atomic mass is 10.0. The van der Waals surface area contributed by atoms with Crippen molar-refractivity contribution in [1.82, 2.24) is 15.5 Å². The maximum absolute atomic E-state index is 5.45. The Balaban J connectivity index is 1.90. The Bertz CT molecular complexity index is 481. The van der Waals surface area contributed by atoms with E-state index in [1.165, 1.54) is 5.56 Å². The fourth-order valence-electron chi connectivity index (χ4n) is 2.68. The highest BCUT2D eigenvalue weighted by molar-refractivity contribution is 5.79. The molecule has 1 saturated heterocycles. The maximum atomic E-state index is 5.45. The molecule has 1 heterocycles. The zero-order valence-corrected chi connectivity index (χ0v) is 14.6. The van der Waals surface area contributed by atoms with Crippen LogP contribution >= 0.6 is 0 Å².